The van der Waals surface area contributed by atoms with Crippen LogP contribution < -0.4 is 15.5 Å². The number of halogens is 1. The molecule has 0 saturated carbocycles. The quantitative estimate of drug-likeness (QED) is 0.838. The Morgan fingerprint density at radius 3 is 3.00 bits per heavy atom. The van der Waals surface area contributed by atoms with E-state index in [1.165, 1.54) is 6.07 Å². The molecule has 1 aromatic rings. The molecule has 1 aromatic carbocycles. The Morgan fingerprint density at radius 2 is 2.33 bits per heavy atom. The maximum atomic E-state index is 14.1. The molecule has 1 fully saturated rings. The first-order chi connectivity index (χ1) is 8.63. The minimum Gasteiger partial charge on any atom is -0.356 e. The lowest BCUT2D eigenvalue weighted by Gasteiger charge is -2.34. The molecule has 18 heavy (non-hydrogen) atoms. The van der Waals surface area contributed by atoms with E-state index in [0.717, 1.165) is 5.56 Å². The average molecular weight is 251 g/mol. The summed E-state index contributed by atoms with van der Waals surface area (Å²) in [4.78, 5) is 13.4. The summed E-state index contributed by atoms with van der Waals surface area (Å²) in [6.45, 7) is 3.61. The van der Waals surface area contributed by atoms with E-state index in [1.807, 2.05) is 13.1 Å². The zero-order valence-electron chi connectivity index (χ0n) is 10.7. The highest BCUT2D eigenvalue weighted by atomic mass is 19.1. The van der Waals surface area contributed by atoms with Crippen LogP contribution in [-0.4, -0.2) is 32.1 Å². The Balaban J connectivity index is 2.24. The summed E-state index contributed by atoms with van der Waals surface area (Å²) in [5.41, 5.74) is 1.39. The SMILES string of the molecule is CNCc1ccc(N2CCNC(=O)C2C)c(F)c1. The van der Waals surface area contributed by atoms with Crippen molar-refractivity contribution in [3.63, 3.8) is 0 Å². The minimum absolute atomic E-state index is 0.0556. The molecule has 0 radical (unpaired) electrons. The average Bonchev–Trinajstić information content (AvgIpc) is 2.34. The molecule has 0 aromatic heterocycles. The first-order valence-electron chi connectivity index (χ1n) is 6.11. The molecule has 1 saturated heterocycles. The van der Waals surface area contributed by atoms with Crippen LogP contribution in [0.1, 0.15) is 12.5 Å². The molecular formula is C13H18FN3O. The lowest BCUT2D eigenvalue weighted by atomic mass is 10.1. The van der Waals surface area contributed by atoms with Crippen LogP contribution in [-0.2, 0) is 11.3 Å². The summed E-state index contributed by atoms with van der Waals surface area (Å²) in [5, 5.41) is 5.75. The van der Waals surface area contributed by atoms with Gasteiger partial charge in [-0.1, -0.05) is 6.07 Å². The van der Waals surface area contributed by atoms with Crippen molar-refractivity contribution in [3.05, 3.63) is 29.6 Å². The molecule has 5 heteroatoms. The lowest BCUT2D eigenvalue weighted by Crippen LogP contribution is -2.54. The van der Waals surface area contributed by atoms with Gasteiger partial charge >= 0.3 is 0 Å². The number of carbonyl (C=O) groups excluding carboxylic acids is 1. The number of rotatable bonds is 3. The van der Waals surface area contributed by atoms with Crippen molar-refractivity contribution in [2.75, 3.05) is 25.0 Å². The van der Waals surface area contributed by atoms with Crippen molar-refractivity contribution < 1.29 is 9.18 Å². The van der Waals surface area contributed by atoms with E-state index in [4.69, 9.17) is 0 Å². The van der Waals surface area contributed by atoms with Gasteiger partial charge in [-0.05, 0) is 31.7 Å². The number of carbonyl (C=O) groups is 1. The third-order valence-electron chi connectivity index (χ3n) is 3.20. The number of piperazine rings is 1. The normalized spacial score (nSPS) is 19.8. The fourth-order valence-corrected chi connectivity index (χ4v) is 2.21. The second kappa shape index (κ2) is 5.35. The highest BCUT2D eigenvalue weighted by molar-refractivity contribution is 5.86. The van der Waals surface area contributed by atoms with Gasteiger partial charge in [-0.15, -0.1) is 0 Å². The summed E-state index contributed by atoms with van der Waals surface area (Å²) in [6, 6.07) is 4.82. The summed E-state index contributed by atoms with van der Waals surface area (Å²) < 4.78 is 14.1. The van der Waals surface area contributed by atoms with Crippen molar-refractivity contribution in [1.29, 1.82) is 0 Å². The molecule has 1 aliphatic heterocycles. The Hall–Kier alpha value is -1.62. The Labute approximate surface area is 106 Å². The molecule has 2 N–H and O–H groups in total. The monoisotopic (exact) mass is 251 g/mol. The summed E-state index contributed by atoms with van der Waals surface area (Å²) in [5.74, 6) is -0.329. The fourth-order valence-electron chi connectivity index (χ4n) is 2.21. The number of anilines is 1. The van der Waals surface area contributed by atoms with E-state index in [1.54, 1.807) is 17.9 Å². The van der Waals surface area contributed by atoms with Gasteiger partial charge in [0.05, 0.1) is 5.69 Å². The van der Waals surface area contributed by atoms with Gasteiger partial charge in [0.1, 0.15) is 11.9 Å². The van der Waals surface area contributed by atoms with Crippen LogP contribution in [0, 0.1) is 5.82 Å². The van der Waals surface area contributed by atoms with E-state index < -0.39 is 0 Å². The Morgan fingerprint density at radius 1 is 1.56 bits per heavy atom. The van der Waals surface area contributed by atoms with E-state index in [2.05, 4.69) is 10.6 Å². The molecule has 1 amide bonds. The highest BCUT2D eigenvalue weighted by Crippen LogP contribution is 2.23. The van der Waals surface area contributed by atoms with Gasteiger partial charge in [0.25, 0.3) is 0 Å². The minimum atomic E-state index is -0.330. The number of benzene rings is 1. The van der Waals surface area contributed by atoms with Gasteiger partial charge in [-0.3, -0.25) is 4.79 Å². The summed E-state index contributed by atoms with van der Waals surface area (Å²) >= 11 is 0. The molecule has 98 valence electrons. The van der Waals surface area contributed by atoms with E-state index in [9.17, 15) is 9.18 Å². The van der Waals surface area contributed by atoms with Gasteiger partial charge in [-0.2, -0.15) is 0 Å². The highest BCUT2D eigenvalue weighted by Gasteiger charge is 2.27. The number of nitrogens with one attached hydrogen (secondary N) is 2. The van der Waals surface area contributed by atoms with Gasteiger partial charge in [-0.25, -0.2) is 4.39 Å². The van der Waals surface area contributed by atoms with Gasteiger partial charge in [0.2, 0.25) is 5.91 Å². The van der Waals surface area contributed by atoms with Crippen molar-refractivity contribution in [2.45, 2.75) is 19.5 Å². The van der Waals surface area contributed by atoms with E-state index in [0.29, 0.717) is 25.3 Å². The van der Waals surface area contributed by atoms with E-state index in [-0.39, 0.29) is 17.8 Å². The van der Waals surface area contributed by atoms with Crippen molar-refractivity contribution in [2.24, 2.45) is 0 Å². The van der Waals surface area contributed by atoms with Gasteiger partial charge in [0.15, 0.2) is 0 Å². The molecule has 4 nitrogen and oxygen atoms in total. The number of nitrogens with zero attached hydrogens (tertiary/aromatic N) is 1. The standard InChI is InChI=1S/C13H18FN3O/c1-9-13(18)16-5-6-17(9)12-4-3-10(8-15-2)7-11(12)14/h3-4,7,9,15H,5-6,8H2,1-2H3,(H,16,18). The van der Waals surface area contributed by atoms with Crippen LogP contribution in [0.4, 0.5) is 10.1 Å². The van der Waals surface area contributed by atoms with Crippen LogP contribution in [0.15, 0.2) is 18.2 Å². The molecule has 1 heterocycles. The number of hydrogen-bond acceptors (Lipinski definition) is 3. The zero-order valence-corrected chi connectivity index (χ0v) is 10.7. The molecule has 0 bridgehead atoms. The molecule has 1 aliphatic rings. The topological polar surface area (TPSA) is 44.4 Å². The predicted molar refractivity (Wildman–Crippen MR) is 69.0 cm³/mol. The van der Waals surface area contributed by atoms with Crippen molar-refractivity contribution >= 4 is 11.6 Å². The number of amides is 1. The third-order valence-corrected chi connectivity index (χ3v) is 3.20. The van der Waals surface area contributed by atoms with Gasteiger partial charge < -0.3 is 15.5 Å². The first-order valence-corrected chi connectivity index (χ1v) is 6.11. The lowest BCUT2D eigenvalue weighted by molar-refractivity contribution is -0.122. The van der Waals surface area contributed by atoms with Crippen molar-refractivity contribution in [1.82, 2.24) is 10.6 Å². The van der Waals surface area contributed by atoms with Crippen LogP contribution in [0.25, 0.3) is 0 Å². The number of hydrogen-bond donors (Lipinski definition) is 2. The van der Waals surface area contributed by atoms with Crippen LogP contribution in [0.3, 0.4) is 0 Å². The molecular weight excluding hydrogens is 233 g/mol. The van der Waals surface area contributed by atoms with E-state index >= 15 is 0 Å². The summed E-state index contributed by atoms with van der Waals surface area (Å²) in [6.07, 6.45) is 0. The largest absolute Gasteiger partial charge is 0.356 e. The van der Waals surface area contributed by atoms with Gasteiger partial charge in [0, 0.05) is 19.6 Å². The Kier molecular flexibility index (Phi) is 3.81. The molecule has 0 spiro atoms. The molecule has 1 atom stereocenters. The first kappa shape index (κ1) is 12.8. The smallest absolute Gasteiger partial charge is 0.242 e. The van der Waals surface area contributed by atoms with Crippen LogP contribution in [0.2, 0.25) is 0 Å². The molecule has 0 aliphatic carbocycles. The van der Waals surface area contributed by atoms with Crippen molar-refractivity contribution in [3.8, 4) is 0 Å². The maximum absolute atomic E-state index is 14.1. The van der Waals surface area contributed by atoms with Crippen LogP contribution >= 0.6 is 0 Å². The third kappa shape index (κ3) is 2.46. The predicted octanol–water partition coefficient (Wildman–Crippen LogP) is 0.870. The van der Waals surface area contributed by atoms with Crippen LogP contribution in [0.5, 0.6) is 0 Å². The zero-order chi connectivity index (χ0) is 13.1. The second-order valence-corrected chi connectivity index (χ2v) is 4.48. The Bertz CT molecular complexity index is 450. The summed E-state index contributed by atoms with van der Waals surface area (Å²) in [7, 11) is 1.82. The molecule has 2 rings (SSSR count). The molecule has 1 unspecified atom stereocenters. The maximum Gasteiger partial charge on any atom is 0.242 e. The fraction of sp³-hybridized carbons (Fsp3) is 0.462. The second-order valence-electron chi connectivity index (χ2n) is 4.48.